The molecule has 1 saturated heterocycles. The number of aliphatic hydroxyl groups is 4. The summed E-state index contributed by atoms with van der Waals surface area (Å²) in [7, 11) is 0. The van der Waals surface area contributed by atoms with E-state index in [1.165, 1.54) is 12.1 Å². The fourth-order valence-corrected chi connectivity index (χ4v) is 3.90. The van der Waals surface area contributed by atoms with Crippen molar-refractivity contribution in [2.24, 2.45) is 0 Å². The van der Waals surface area contributed by atoms with Crippen LogP contribution < -0.4 is 0 Å². The lowest BCUT2D eigenvalue weighted by Crippen LogP contribution is -2.78. The third-order valence-corrected chi connectivity index (χ3v) is 5.72. The van der Waals surface area contributed by atoms with E-state index in [-0.39, 0.29) is 6.61 Å². The zero-order valence-corrected chi connectivity index (χ0v) is 17.4. The number of hydrogen-bond acceptors (Lipinski definition) is 11. The molecule has 0 saturated carbocycles. The van der Waals surface area contributed by atoms with Gasteiger partial charge in [-0.15, -0.1) is 0 Å². The van der Waals surface area contributed by atoms with Gasteiger partial charge in [0.25, 0.3) is 0 Å². The highest BCUT2D eigenvalue weighted by Gasteiger charge is 2.75. The molecule has 2 aromatic rings. The molecule has 1 aliphatic rings. The molecule has 0 spiro atoms. The van der Waals surface area contributed by atoms with Crippen LogP contribution in [0.2, 0.25) is 0 Å². The molecule has 1 fully saturated rings. The molecule has 0 aliphatic carbocycles. The number of aryl methyl sites for hydroxylation is 1. The van der Waals surface area contributed by atoms with E-state index in [2.05, 4.69) is 9.97 Å². The van der Waals surface area contributed by atoms with Gasteiger partial charge in [0, 0.05) is 31.0 Å². The van der Waals surface area contributed by atoms with Gasteiger partial charge in [0.2, 0.25) is 17.5 Å². The molecule has 3 rings (SSSR count). The number of imidazole rings is 1. The Morgan fingerprint density at radius 2 is 1.91 bits per heavy atom. The minimum Gasteiger partial charge on any atom is -0.508 e. The molecular formula is C21H24N4O8. The van der Waals surface area contributed by atoms with Crippen LogP contribution in [0.25, 0.3) is 0 Å². The van der Waals surface area contributed by atoms with Gasteiger partial charge in [-0.3, -0.25) is 0 Å². The van der Waals surface area contributed by atoms with E-state index in [1.54, 1.807) is 12.4 Å². The number of rotatable bonds is 8. The van der Waals surface area contributed by atoms with Crippen LogP contribution in [0.1, 0.15) is 24.2 Å². The zero-order chi connectivity index (χ0) is 24.3. The Morgan fingerprint density at radius 1 is 1.15 bits per heavy atom. The van der Waals surface area contributed by atoms with E-state index in [0.717, 1.165) is 24.0 Å². The van der Waals surface area contributed by atoms with Gasteiger partial charge in [-0.1, -0.05) is 0 Å². The van der Waals surface area contributed by atoms with Gasteiger partial charge < -0.3 is 45.1 Å². The standard InChI is InChI=1S/C21H24N4O8/c22-11-19(29)18(32-8-2-1-3-17-24-6-7-25-17)33-16(10-26)21(31,20(19,30)12-23)14-9-13(27)4-5-15(14)28/h4-7,9,16,18,26-31H,1-3,8,10H2,(H,24,25)/t16-,18-,19+,20-,21+/m1/s1. The van der Waals surface area contributed by atoms with Crippen molar-refractivity contribution in [3.63, 3.8) is 0 Å². The van der Waals surface area contributed by atoms with Gasteiger partial charge in [0.1, 0.15) is 35.6 Å². The molecule has 12 nitrogen and oxygen atoms in total. The molecule has 33 heavy (non-hydrogen) atoms. The van der Waals surface area contributed by atoms with E-state index >= 15 is 0 Å². The van der Waals surface area contributed by atoms with Crippen molar-refractivity contribution >= 4 is 0 Å². The lowest BCUT2D eigenvalue weighted by molar-refractivity contribution is -0.378. The summed E-state index contributed by atoms with van der Waals surface area (Å²) in [5, 5.41) is 83.1. The van der Waals surface area contributed by atoms with Crippen LogP contribution >= 0.6 is 0 Å². The first kappa shape index (κ1) is 24.4. The Hall–Kier alpha value is -3.23. The molecule has 0 radical (unpaired) electrons. The van der Waals surface area contributed by atoms with Crippen molar-refractivity contribution in [1.29, 1.82) is 10.5 Å². The molecule has 1 aromatic heterocycles. The average molecular weight is 460 g/mol. The summed E-state index contributed by atoms with van der Waals surface area (Å²) in [6.07, 6.45) is 1.15. The molecule has 1 aromatic carbocycles. The van der Waals surface area contributed by atoms with Gasteiger partial charge in [-0.25, -0.2) is 4.98 Å². The smallest absolute Gasteiger partial charge is 0.248 e. The summed E-state index contributed by atoms with van der Waals surface area (Å²) >= 11 is 0. The third-order valence-electron chi connectivity index (χ3n) is 5.72. The third kappa shape index (κ3) is 3.89. The van der Waals surface area contributed by atoms with Crippen molar-refractivity contribution in [1.82, 2.24) is 9.97 Å². The van der Waals surface area contributed by atoms with Gasteiger partial charge in [0.05, 0.1) is 6.61 Å². The van der Waals surface area contributed by atoms with Crippen LogP contribution in [0.5, 0.6) is 11.5 Å². The second kappa shape index (κ2) is 9.33. The van der Waals surface area contributed by atoms with E-state index in [1.807, 2.05) is 0 Å². The highest BCUT2D eigenvalue weighted by Crippen LogP contribution is 2.52. The Labute approximate surface area is 188 Å². The normalized spacial score (nSPS) is 31.6. The number of phenols is 2. The van der Waals surface area contributed by atoms with Gasteiger partial charge in [-0.05, 0) is 31.0 Å². The molecule has 5 atom stereocenters. The number of unbranched alkanes of at least 4 members (excludes halogenated alkanes) is 1. The highest BCUT2D eigenvalue weighted by atomic mass is 16.7. The maximum Gasteiger partial charge on any atom is 0.248 e. The van der Waals surface area contributed by atoms with Gasteiger partial charge in [0.15, 0.2) is 5.60 Å². The number of aromatic hydroxyl groups is 2. The number of phenolic OH excluding ortho intramolecular Hbond substituents is 2. The Balaban J connectivity index is 1.90. The minimum atomic E-state index is -3.36. The summed E-state index contributed by atoms with van der Waals surface area (Å²) in [5.41, 5.74) is -10.2. The Bertz CT molecular complexity index is 1050. The van der Waals surface area contributed by atoms with E-state index in [9.17, 15) is 41.2 Å². The Morgan fingerprint density at radius 3 is 2.52 bits per heavy atom. The van der Waals surface area contributed by atoms with E-state index in [0.29, 0.717) is 19.3 Å². The highest BCUT2D eigenvalue weighted by molar-refractivity contribution is 5.49. The molecule has 2 heterocycles. The number of benzene rings is 1. The average Bonchev–Trinajstić information content (AvgIpc) is 3.33. The molecule has 176 valence electrons. The number of nitrogens with one attached hydrogen (secondary N) is 1. The fraction of sp³-hybridized carbons (Fsp3) is 0.476. The van der Waals surface area contributed by atoms with Crippen LogP contribution in [0.15, 0.2) is 30.6 Å². The van der Waals surface area contributed by atoms with Crippen LogP contribution in [0, 0.1) is 22.7 Å². The monoisotopic (exact) mass is 460 g/mol. The molecular weight excluding hydrogens is 436 g/mol. The van der Waals surface area contributed by atoms with E-state index < -0.39 is 52.9 Å². The number of hydrogen-bond donors (Lipinski definition) is 7. The second-order valence-corrected chi connectivity index (χ2v) is 7.67. The lowest BCUT2D eigenvalue weighted by atomic mass is 9.64. The minimum absolute atomic E-state index is 0.0647. The van der Waals surface area contributed by atoms with Gasteiger partial charge >= 0.3 is 0 Å². The Kier molecular flexibility index (Phi) is 6.90. The van der Waals surface area contributed by atoms with Crippen LogP contribution in [0.4, 0.5) is 0 Å². The molecule has 1 aliphatic heterocycles. The topological polar surface area (TPSA) is 216 Å². The number of H-pyrrole nitrogens is 1. The fourth-order valence-electron chi connectivity index (χ4n) is 3.90. The lowest BCUT2D eigenvalue weighted by Gasteiger charge is -2.54. The number of aliphatic hydroxyl groups excluding tert-OH is 1. The molecule has 12 heteroatoms. The first-order valence-corrected chi connectivity index (χ1v) is 10.1. The first-order chi connectivity index (χ1) is 15.7. The summed E-state index contributed by atoms with van der Waals surface area (Å²) in [6.45, 7) is -1.07. The van der Waals surface area contributed by atoms with Crippen molar-refractivity contribution in [2.75, 3.05) is 13.2 Å². The quantitative estimate of drug-likeness (QED) is 0.148. The van der Waals surface area contributed by atoms with Crippen molar-refractivity contribution in [3.8, 4) is 23.6 Å². The molecule has 0 unspecified atom stereocenters. The molecule has 0 amide bonds. The van der Waals surface area contributed by atoms with Crippen molar-refractivity contribution in [3.05, 3.63) is 42.0 Å². The number of nitriles is 2. The summed E-state index contributed by atoms with van der Waals surface area (Å²) in [4.78, 5) is 7.02. The van der Waals surface area contributed by atoms with Crippen molar-refractivity contribution in [2.45, 2.75) is 48.5 Å². The molecule has 7 N–H and O–H groups in total. The van der Waals surface area contributed by atoms with Crippen LogP contribution in [-0.4, -0.2) is 77.4 Å². The number of ether oxygens (including phenoxy) is 2. The maximum absolute atomic E-state index is 11.4. The largest absolute Gasteiger partial charge is 0.508 e. The van der Waals surface area contributed by atoms with Crippen molar-refractivity contribution < 1.29 is 40.1 Å². The maximum atomic E-state index is 11.4. The number of aromatic amines is 1. The summed E-state index contributed by atoms with van der Waals surface area (Å²) in [5.74, 6) is -0.403. The van der Waals surface area contributed by atoms with Gasteiger partial charge in [-0.2, -0.15) is 10.5 Å². The number of aromatic nitrogens is 2. The SMILES string of the molecule is N#C[C@@]1(O)[C@](O)(C#N)[C@H](OCCCCc2ncc[nH]2)O[C@H](CO)[C@@]1(O)c1cc(O)ccc1O. The molecule has 0 bridgehead atoms. The zero-order valence-electron chi connectivity index (χ0n) is 17.4. The number of nitrogens with zero attached hydrogens (tertiary/aromatic N) is 3. The predicted molar refractivity (Wildman–Crippen MR) is 108 cm³/mol. The van der Waals surface area contributed by atoms with Crippen LogP contribution in [0.3, 0.4) is 0 Å². The summed E-state index contributed by atoms with van der Waals surface area (Å²) < 4.78 is 10.9. The second-order valence-electron chi connectivity index (χ2n) is 7.67. The summed E-state index contributed by atoms with van der Waals surface area (Å²) in [6, 6.07) is 5.54. The first-order valence-electron chi connectivity index (χ1n) is 10.1. The van der Waals surface area contributed by atoms with Crippen LogP contribution in [-0.2, 0) is 21.5 Å². The van der Waals surface area contributed by atoms with E-state index in [4.69, 9.17) is 9.47 Å². The predicted octanol–water partition coefficient (Wildman–Crippen LogP) is -0.725.